The van der Waals surface area contributed by atoms with E-state index in [4.69, 9.17) is 0 Å². The minimum absolute atomic E-state index is 0.0653. The van der Waals surface area contributed by atoms with Crippen LogP contribution in [0.5, 0.6) is 0 Å². The summed E-state index contributed by atoms with van der Waals surface area (Å²) in [6.07, 6.45) is 5.18. The second-order valence-corrected chi connectivity index (χ2v) is 6.22. The first-order valence-electron chi connectivity index (χ1n) is 7.10. The van der Waals surface area contributed by atoms with Gasteiger partial charge in [-0.05, 0) is 24.7 Å². The molecule has 0 aromatic heterocycles. The van der Waals surface area contributed by atoms with E-state index in [0.29, 0.717) is 19.1 Å². The summed E-state index contributed by atoms with van der Waals surface area (Å²) in [4.78, 5) is 2.33. The molecular weight excluding hydrogens is 220 g/mol. The predicted molar refractivity (Wildman–Crippen MR) is 66.3 cm³/mol. The van der Waals surface area contributed by atoms with Crippen LogP contribution in [0.25, 0.3) is 0 Å². The van der Waals surface area contributed by atoms with E-state index >= 15 is 0 Å². The van der Waals surface area contributed by atoms with Crippen molar-refractivity contribution >= 4 is 0 Å². The lowest BCUT2D eigenvalue weighted by atomic mass is 9.78. The van der Waals surface area contributed by atoms with Gasteiger partial charge in [-0.15, -0.1) is 0 Å². The Morgan fingerprint density at radius 2 is 1.76 bits per heavy atom. The fourth-order valence-electron chi connectivity index (χ4n) is 3.35. The third-order valence-corrected chi connectivity index (χ3v) is 4.68. The van der Waals surface area contributed by atoms with Gasteiger partial charge in [0.25, 0.3) is 5.92 Å². The molecule has 0 aromatic carbocycles. The monoisotopic (exact) mass is 245 g/mol. The van der Waals surface area contributed by atoms with Crippen molar-refractivity contribution in [2.24, 2.45) is 11.8 Å². The fourth-order valence-corrected chi connectivity index (χ4v) is 3.35. The van der Waals surface area contributed by atoms with Crippen molar-refractivity contribution in [1.29, 1.82) is 0 Å². The summed E-state index contributed by atoms with van der Waals surface area (Å²) in [5.41, 5.74) is 0. The fraction of sp³-hybridized carbons (Fsp3) is 1.00. The van der Waals surface area contributed by atoms with Crippen molar-refractivity contribution in [3.05, 3.63) is 0 Å². The second kappa shape index (κ2) is 5.21. The molecule has 17 heavy (non-hydrogen) atoms. The quantitative estimate of drug-likeness (QED) is 0.712. The molecule has 0 radical (unpaired) electrons. The average molecular weight is 245 g/mol. The van der Waals surface area contributed by atoms with E-state index in [9.17, 15) is 8.78 Å². The molecule has 1 aliphatic carbocycles. The maximum atomic E-state index is 13.1. The number of hydrogen-bond donors (Lipinski definition) is 0. The Bertz CT molecular complexity index is 243. The maximum Gasteiger partial charge on any atom is 0.250 e. The Balaban J connectivity index is 1.86. The molecule has 2 rings (SSSR count). The van der Waals surface area contributed by atoms with Gasteiger partial charge in [0.2, 0.25) is 0 Å². The minimum atomic E-state index is -2.40. The summed E-state index contributed by atoms with van der Waals surface area (Å²) in [7, 11) is 0. The molecule has 2 fully saturated rings. The van der Waals surface area contributed by atoms with E-state index in [0.717, 1.165) is 11.8 Å². The van der Waals surface area contributed by atoms with Crippen LogP contribution in [-0.4, -0.2) is 30.0 Å². The van der Waals surface area contributed by atoms with Crippen molar-refractivity contribution in [2.75, 3.05) is 13.1 Å². The summed E-state index contributed by atoms with van der Waals surface area (Å²) in [6.45, 7) is 5.78. The van der Waals surface area contributed by atoms with E-state index in [1.54, 1.807) is 0 Å². The number of halogens is 2. The largest absolute Gasteiger partial charge is 0.300 e. The van der Waals surface area contributed by atoms with Crippen molar-refractivity contribution in [1.82, 2.24) is 4.90 Å². The van der Waals surface area contributed by atoms with Crippen LogP contribution in [0.2, 0.25) is 0 Å². The zero-order valence-corrected chi connectivity index (χ0v) is 11.1. The maximum absolute atomic E-state index is 13.1. The molecule has 1 heterocycles. The Kier molecular flexibility index (Phi) is 4.06. The number of rotatable bonds is 2. The van der Waals surface area contributed by atoms with Crippen LogP contribution in [0.1, 0.15) is 52.4 Å². The van der Waals surface area contributed by atoms with Crippen LogP contribution in [0, 0.1) is 11.8 Å². The van der Waals surface area contributed by atoms with Gasteiger partial charge in [-0.1, -0.05) is 26.7 Å². The van der Waals surface area contributed by atoms with Gasteiger partial charge >= 0.3 is 0 Å². The molecule has 0 spiro atoms. The number of nitrogens with zero attached hydrogens (tertiary/aromatic N) is 1. The average Bonchev–Trinajstić information content (AvgIpc) is 2.29. The summed E-state index contributed by atoms with van der Waals surface area (Å²) in [6, 6.07) is 0.576. The number of hydrogen-bond acceptors (Lipinski definition) is 1. The lowest BCUT2D eigenvalue weighted by molar-refractivity contribution is -0.0680. The van der Waals surface area contributed by atoms with Crippen molar-refractivity contribution in [2.45, 2.75) is 64.3 Å². The summed E-state index contributed by atoms with van der Waals surface area (Å²) >= 11 is 0. The zero-order valence-electron chi connectivity index (χ0n) is 11.1. The molecule has 0 N–H and O–H groups in total. The SMILES string of the molecule is CC(C)C1CCCC(N2CCC(F)(F)CC2)C1. The molecule has 0 amide bonds. The van der Waals surface area contributed by atoms with Gasteiger partial charge < -0.3 is 0 Å². The molecule has 0 aromatic rings. The minimum Gasteiger partial charge on any atom is -0.300 e. The topological polar surface area (TPSA) is 3.24 Å². The first kappa shape index (κ1) is 13.3. The number of piperidine rings is 1. The van der Waals surface area contributed by atoms with Gasteiger partial charge in [0.1, 0.15) is 0 Å². The Morgan fingerprint density at radius 3 is 2.35 bits per heavy atom. The molecule has 1 saturated heterocycles. The summed E-state index contributed by atoms with van der Waals surface area (Å²) in [5.74, 6) is -0.858. The van der Waals surface area contributed by atoms with Crippen molar-refractivity contribution < 1.29 is 8.78 Å². The van der Waals surface area contributed by atoms with E-state index in [1.165, 1.54) is 25.7 Å². The van der Waals surface area contributed by atoms with Gasteiger partial charge in [0, 0.05) is 32.0 Å². The first-order chi connectivity index (χ1) is 7.98. The molecule has 2 atom stereocenters. The van der Waals surface area contributed by atoms with Crippen LogP contribution >= 0.6 is 0 Å². The highest BCUT2D eigenvalue weighted by molar-refractivity contribution is 4.86. The molecular formula is C14H25F2N. The Hall–Kier alpha value is -0.180. The van der Waals surface area contributed by atoms with Crippen LogP contribution < -0.4 is 0 Å². The van der Waals surface area contributed by atoms with Gasteiger partial charge in [0.15, 0.2) is 0 Å². The van der Waals surface area contributed by atoms with Crippen LogP contribution in [0.3, 0.4) is 0 Å². The van der Waals surface area contributed by atoms with E-state index in [2.05, 4.69) is 18.7 Å². The van der Waals surface area contributed by atoms with Gasteiger partial charge in [-0.3, -0.25) is 4.90 Å². The highest BCUT2D eigenvalue weighted by Crippen LogP contribution is 2.35. The normalized spacial score (nSPS) is 35.1. The highest BCUT2D eigenvalue weighted by Gasteiger charge is 2.37. The molecule has 3 heteroatoms. The molecule has 2 aliphatic rings. The zero-order chi connectivity index (χ0) is 12.5. The lowest BCUT2D eigenvalue weighted by Gasteiger charge is -2.42. The highest BCUT2D eigenvalue weighted by atomic mass is 19.3. The van der Waals surface area contributed by atoms with Crippen LogP contribution in [0.4, 0.5) is 8.78 Å². The Morgan fingerprint density at radius 1 is 1.12 bits per heavy atom. The van der Waals surface area contributed by atoms with Crippen molar-refractivity contribution in [3.63, 3.8) is 0 Å². The molecule has 1 nitrogen and oxygen atoms in total. The summed E-state index contributed by atoms with van der Waals surface area (Å²) < 4.78 is 26.2. The van der Waals surface area contributed by atoms with E-state index in [-0.39, 0.29) is 12.8 Å². The van der Waals surface area contributed by atoms with Crippen molar-refractivity contribution in [3.8, 4) is 0 Å². The summed E-state index contributed by atoms with van der Waals surface area (Å²) in [5, 5.41) is 0. The molecule has 1 saturated carbocycles. The third-order valence-electron chi connectivity index (χ3n) is 4.68. The lowest BCUT2D eigenvalue weighted by Crippen LogP contribution is -2.47. The number of alkyl halides is 2. The first-order valence-corrected chi connectivity index (χ1v) is 7.10. The van der Waals surface area contributed by atoms with Crippen LogP contribution in [0.15, 0.2) is 0 Å². The Labute approximate surface area is 104 Å². The molecule has 2 unspecified atom stereocenters. The van der Waals surface area contributed by atoms with Gasteiger partial charge in [-0.2, -0.15) is 0 Å². The molecule has 0 bridgehead atoms. The van der Waals surface area contributed by atoms with E-state index in [1.807, 2.05) is 0 Å². The molecule has 100 valence electrons. The second-order valence-electron chi connectivity index (χ2n) is 6.22. The predicted octanol–water partition coefficient (Wildman–Crippen LogP) is 3.93. The van der Waals surface area contributed by atoms with E-state index < -0.39 is 5.92 Å². The smallest absolute Gasteiger partial charge is 0.250 e. The number of likely N-dealkylation sites (tertiary alicyclic amines) is 1. The third kappa shape index (κ3) is 3.40. The van der Waals surface area contributed by atoms with Gasteiger partial charge in [0.05, 0.1) is 0 Å². The molecule has 1 aliphatic heterocycles. The standard InChI is InChI=1S/C14H25F2N/c1-11(2)12-4-3-5-13(10-12)17-8-6-14(15,16)7-9-17/h11-13H,3-10H2,1-2H3. The van der Waals surface area contributed by atoms with Crippen LogP contribution in [-0.2, 0) is 0 Å². The van der Waals surface area contributed by atoms with Gasteiger partial charge in [-0.25, -0.2) is 8.78 Å².